The van der Waals surface area contributed by atoms with E-state index < -0.39 is 10.0 Å². The average Bonchev–Trinajstić information content (AvgIpc) is 3.09. The molecular formula is C16H20N4O2S. The maximum atomic E-state index is 12.8. The second kappa shape index (κ2) is 5.35. The van der Waals surface area contributed by atoms with Crippen LogP contribution in [-0.2, 0) is 29.4 Å². The van der Waals surface area contributed by atoms with Crippen LogP contribution in [0, 0.1) is 0 Å². The number of benzene rings is 1. The van der Waals surface area contributed by atoms with Crippen molar-refractivity contribution in [2.24, 2.45) is 0 Å². The Bertz CT molecular complexity index is 857. The van der Waals surface area contributed by atoms with Gasteiger partial charge in [0.15, 0.2) is 5.03 Å². The number of rotatable bonds is 3. The molecule has 0 saturated carbocycles. The topological polar surface area (TPSA) is 90.0 Å². The number of hydrogen-bond acceptors (Lipinski definition) is 4. The van der Waals surface area contributed by atoms with E-state index in [9.17, 15) is 8.42 Å². The lowest BCUT2D eigenvalue weighted by Gasteiger charge is -2.26. The minimum absolute atomic E-state index is 0.197. The van der Waals surface area contributed by atoms with Crippen molar-refractivity contribution >= 4 is 15.7 Å². The van der Waals surface area contributed by atoms with Gasteiger partial charge in [0, 0.05) is 24.7 Å². The van der Waals surface area contributed by atoms with E-state index in [1.165, 1.54) is 6.20 Å². The molecule has 2 heterocycles. The Balaban J connectivity index is 1.66. The molecule has 122 valence electrons. The molecule has 1 aromatic heterocycles. The molecule has 1 aliphatic carbocycles. The van der Waals surface area contributed by atoms with Crippen LogP contribution in [0.1, 0.15) is 42.3 Å². The third-order valence-corrected chi connectivity index (χ3v) is 6.21. The Labute approximate surface area is 135 Å². The minimum atomic E-state index is -3.58. The van der Waals surface area contributed by atoms with E-state index >= 15 is 0 Å². The SMILES string of the molecule is Nc1ccc2c(c1)CCCC2NS(=O)(=O)c1cnc2n1CCC2. The van der Waals surface area contributed by atoms with E-state index in [2.05, 4.69) is 9.71 Å². The standard InChI is InChI=1S/C16H20N4O2S/c17-12-6-7-13-11(9-12)3-1-4-14(13)19-23(21,22)16-10-18-15-5-2-8-20(15)16/h6-7,9-10,14,19H,1-5,8,17H2. The van der Waals surface area contributed by atoms with E-state index in [-0.39, 0.29) is 11.1 Å². The molecule has 4 rings (SSSR count). The number of nitrogens with one attached hydrogen (secondary N) is 1. The van der Waals surface area contributed by atoms with Crippen LogP contribution in [0.2, 0.25) is 0 Å². The summed E-state index contributed by atoms with van der Waals surface area (Å²) in [5.41, 5.74) is 8.74. The zero-order valence-electron chi connectivity index (χ0n) is 12.8. The molecule has 0 amide bonds. The van der Waals surface area contributed by atoms with Crippen molar-refractivity contribution in [3.8, 4) is 0 Å². The highest BCUT2D eigenvalue weighted by atomic mass is 32.2. The van der Waals surface area contributed by atoms with Gasteiger partial charge in [0.2, 0.25) is 0 Å². The molecule has 1 atom stereocenters. The van der Waals surface area contributed by atoms with Gasteiger partial charge in [-0.25, -0.2) is 18.1 Å². The van der Waals surface area contributed by atoms with E-state index in [0.717, 1.165) is 61.3 Å². The summed E-state index contributed by atoms with van der Waals surface area (Å²) in [4.78, 5) is 4.24. The van der Waals surface area contributed by atoms with Crippen LogP contribution in [0.15, 0.2) is 29.4 Å². The molecule has 0 bridgehead atoms. The van der Waals surface area contributed by atoms with Crippen molar-refractivity contribution in [1.82, 2.24) is 14.3 Å². The maximum Gasteiger partial charge on any atom is 0.258 e. The monoisotopic (exact) mass is 332 g/mol. The molecule has 23 heavy (non-hydrogen) atoms. The fourth-order valence-corrected chi connectivity index (χ4v) is 5.07. The second-order valence-corrected chi connectivity index (χ2v) is 7.95. The van der Waals surface area contributed by atoms with Gasteiger partial charge in [-0.1, -0.05) is 6.07 Å². The average molecular weight is 332 g/mol. The van der Waals surface area contributed by atoms with Crippen LogP contribution in [0.4, 0.5) is 5.69 Å². The summed E-state index contributed by atoms with van der Waals surface area (Å²) in [5, 5.41) is 0.285. The number of sulfonamides is 1. The Morgan fingerprint density at radius 3 is 3.00 bits per heavy atom. The van der Waals surface area contributed by atoms with Gasteiger partial charge in [-0.15, -0.1) is 0 Å². The fraction of sp³-hybridized carbons (Fsp3) is 0.438. The molecule has 2 aromatic rings. The fourth-order valence-electron chi connectivity index (χ4n) is 3.65. The summed E-state index contributed by atoms with van der Waals surface area (Å²) in [5.74, 6) is 0.863. The van der Waals surface area contributed by atoms with Crippen molar-refractivity contribution in [1.29, 1.82) is 0 Å². The molecule has 1 unspecified atom stereocenters. The zero-order chi connectivity index (χ0) is 16.0. The Hall–Kier alpha value is -1.86. The molecule has 0 radical (unpaired) electrons. The number of anilines is 1. The molecule has 1 aliphatic heterocycles. The summed E-state index contributed by atoms with van der Waals surface area (Å²) in [6.07, 6.45) is 5.98. The van der Waals surface area contributed by atoms with Gasteiger partial charge in [0.25, 0.3) is 10.0 Å². The predicted octanol–water partition coefficient (Wildman–Crippen LogP) is 1.77. The number of aromatic nitrogens is 2. The second-order valence-electron chi connectivity index (χ2n) is 6.29. The predicted molar refractivity (Wildman–Crippen MR) is 87.4 cm³/mol. The number of nitrogens with zero attached hydrogens (tertiary/aromatic N) is 2. The summed E-state index contributed by atoms with van der Waals surface area (Å²) in [6, 6.07) is 5.53. The first kappa shape index (κ1) is 14.7. The van der Waals surface area contributed by atoms with Crippen molar-refractivity contribution in [3.63, 3.8) is 0 Å². The van der Waals surface area contributed by atoms with Crippen molar-refractivity contribution in [2.45, 2.75) is 49.7 Å². The molecular weight excluding hydrogens is 312 g/mol. The third kappa shape index (κ3) is 2.53. The normalized spacial score (nSPS) is 20.3. The lowest BCUT2D eigenvalue weighted by molar-refractivity contribution is 0.501. The highest BCUT2D eigenvalue weighted by Gasteiger charge is 2.30. The molecule has 7 heteroatoms. The minimum Gasteiger partial charge on any atom is -0.399 e. The van der Waals surface area contributed by atoms with Gasteiger partial charge in [-0.05, 0) is 48.9 Å². The smallest absolute Gasteiger partial charge is 0.258 e. The van der Waals surface area contributed by atoms with Gasteiger partial charge in [-0.2, -0.15) is 0 Å². The lowest BCUT2D eigenvalue weighted by Crippen LogP contribution is -2.32. The third-order valence-electron chi connectivity index (χ3n) is 4.74. The van der Waals surface area contributed by atoms with E-state index in [1.807, 2.05) is 22.8 Å². The van der Waals surface area contributed by atoms with Crippen LogP contribution >= 0.6 is 0 Å². The first-order chi connectivity index (χ1) is 11.0. The first-order valence-electron chi connectivity index (χ1n) is 7.99. The van der Waals surface area contributed by atoms with E-state index in [0.29, 0.717) is 0 Å². The summed E-state index contributed by atoms with van der Waals surface area (Å²) in [7, 11) is -3.58. The Kier molecular flexibility index (Phi) is 3.42. The largest absolute Gasteiger partial charge is 0.399 e. The van der Waals surface area contributed by atoms with Crippen LogP contribution in [0.3, 0.4) is 0 Å². The van der Waals surface area contributed by atoms with Crippen molar-refractivity contribution < 1.29 is 8.42 Å². The van der Waals surface area contributed by atoms with Gasteiger partial charge >= 0.3 is 0 Å². The van der Waals surface area contributed by atoms with E-state index in [4.69, 9.17) is 5.73 Å². The number of nitrogens with two attached hydrogens (primary N) is 1. The summed E-state index contributed by atoms with van der Waals surface area (Å²) in [6.45, 7) is 0.726. The number of imidazole rings is 1. The number of aryl methyl sites for hydroxylation is 2. The molecule has 0 saturated heterocycles. The van der Waals surface area contributed by atoms with Crippen LogP contribution in [0.5, 0.6) is 0 Å². The zero-order valence-corrected chi connectivity index (χ0v) is 13.6. The molecule has 1 aromatic carbocycles. The Morgan fingerprint density at radius 2 is 2.13 bits per heavy atom. The van der Waals surface area contributed by atoms with Crippen LogP contribution in [-0.4, -0.2) is 18.0 Å². The molecule has 0 spiro atoms. The number of hydrogen-bond donors (Lipinski definition) is 2. The Morgan fingerprint density at radius 1 is 1.26 bits per heavy atom. The maximum absolute atomic E-state index is 12.8. The molecule has 3 N–H and O–H groups in total. The summed E-state index contributed by atoms with van der Waals surface area (Å²) >= 11 is 0. The van der Waals surface area contributed by atoms with Crippen LogP contribution < -0.4 is 10.5 Å². The quantitative estimate of drug-likeness (QED) is 0.838. The highest BCUT2D eigenvalue weighted by Crippen LogP contribution is 2.32. The number of fused-ring (bicyclic) bond motifs is 2. The van der Waals surface area contributed by atoms with Gasteiger partial charge in [0.1, 0.15) is 5.82 Å². The first-order valence-corrected chi connectivity index (χ1v) is 9.48. The highest BCUT2D eigenvalue weighted by molar-refractivity contribution is 7.89. The van der Waals surface area contributed by atoms with Gasteiger partial charge in [-0.3, -0.25) is 0 Å². The summed E-state index contributed by atoms with van der Waals surface area (Å²) < 4.78 is 30.3. The van der Waals surface area contributed by atoms with Gasteiger partial charge < -0.3 is 10.3 Å². The van der Waals surface area contributed by atoms with Crippen LogP contribution in [0.25, 0.3) is 0 Å². The van der Waals surface area contributed by atoms with Gasteiger partial charge in [0.05, 0.1) is 6.20 Å². The van der Waals surface area contributed by atoms with E-state index in [1.54, 1.807) is 0 Å². The molecule has 2 aliphatic rings. The lowest BCUT2D eigenvalue weighted by atomic mass is 9.88. The molecule has 0 fully saturated rings. The number of nitrogen functional groups attached to an aromatic ring is 1. The molecule has 6 nitrogen and oxygen atoms in total. The van der Waals surface area contributed by atoms with Crippen molar-refractivity contribution in [2.75, 3.05) is 5.73 Å². The van der Waals surface area contributed by atoms with Crippen molar-refractivity contribution in [3.05, 3.63) is 41.3 Å².